The van der Waals surface area contributed by atoms with Gasteiger partial charge >= 0.3 is 0 Å². The van der Waals surface area contributed by atoms with Crippen LogP contribution >= 0.6 is 9.24 Å². The minimum Gasteiger partial charge on any atom is -1.00 e. The van der Waals surface area contributed by atoms with Gasteiger partial charge in [-0.15, -0.1) is 0 Å². The third-order valence-electron chi connectivity index (χ3n) is 0. The highest BCUT2D eigenvalue weighted by Crippen LogP contribution is 1.68. The highest BCUT2D eigenvalue weighted by molar-refractivity contribution is 7.16. The summed E-state index contributed by atoms with van der Waals surface area (Å²) in [6.45, 7) is 2.14. The van der Waals surface area contributed by atoms with Crippen molar-refractivity contribution in [3.05, 3.63) is 0 Å². The highest BCUT2D eigenvalue weighted by Gasteiger charge is 1.43. The van der Waals surface area contributed by atoms with E-state index < -0.39 is 0 Å². The molecule has 0 rings (SSSR count). The van der Waals surface area contributed by atoms with Gasteiger partial charge in [-0.25, -0.2) is 0 Å². The van der Waals surface area contributed by atoms with Gasteiger partial charge < -0.3 is 12.4 Å². The van der Waals surface area contributed by atoms with E-state index in [9.17, 15) is 0 Å². The maximum Gasteiger partial charge on any atom is 0.0498 e. The van der Waals surface area contributed by atoms with Crippen LogP contribution in [-0.4, -0.2) is 6.16 Å². The van der Waals surface area contributed by atoms with E-state index in [0.29, 0.717) is 0 Å². The van der Waals surface area contributed by atoms with Gasteiger partial charge in [0.1, 0.15) is 0 Å². The third kappa shape index (κ3) is 15.5. The molecule has 1 unspecified atom stereocenters. The van der Waals surface area contributed by atoms with Crippen molar-refractivity contribution in [2.45, 2.75) is 6.92 Å². The lowest BCUT2D eigenvalue weighted by Crippen LogP contribution is -3.00. The Balaban J connectivity index is 0. The van der Waals surface area contributed by atoms with Crippen LogP contribution in [0.2, 0.25) is 0 Å². The van der Waals surface area contributed by atoms with E-state index in [1.807, 2.05) is 9.24 Å². The second-order valence-corrected chi connectivity index (χ2v) is 1.50. The van der Waals surface area contributed by atoms with E-state index in [1.54, 1.807) is 0 Å². The Hall–Kier alpha value is 0.720. The molecule has 0 nitrogen and oxygen atoms in total. The van der Waals surface area contributed by atoms with E-state index in [-0.39, 0.29) is 12.4 Å². The molecule has 0 aliphatic heterocycles. The van der Waals surface area contributed by atoms with Gasteiger partial charge in [0.15, 0.2) is 0 Å². The largest absolute Gasteiger partial charge is 1.00 e. The first-order valence-corrected chi connectivity index (χ1v) is 2.21. The number of halogens is 1. The fourth-order valence-corrected chi connectivity index (χ4v) is 0. The summed E-state index contributed by atoms with van der Waals surface area (Å²) in [5, 5.41) is 0. The van der Waals surface area contributed by atoms with Crippen LogP contribution in [0.25, 0.3) is 0 Å². The molecule has 0 aromatic heterocycles. The van der Waals surface area contributed by atoms with Crippen LogP contribution in [0.5, 0.6) is 0 Å². The molecule has 0 fully saturated rings. The molecule has 0 aromatic rings. The first-order valence-electron chi connectivity index (χ1n) is 1.21. The van der Waals surface area contributed by atoms with Gasteiger partial charge in [-0.3, -0.25) is 0 Å². The van der Waals surface area contributed by atoms with E-state index in [4.69, 9.17) is 0 Å². The molecular weight excluding hydrogens is 90.4 g/mol. The lowest BCUT2D eigenvalue weighted by atomic mass is 11.0. The average molecular weight is 98.5 g/mol. The maximum absolute atomic E-state index is 2.14. The maximum atomic E-state index is 2.14. The van der Waals surface area contributed by atoms with Crippen LogP contribution in [0.3, 0.4) is 0 Å². The quantitative estimate of drug-likeness (QED) is 0.297. The monoisotopic (exact) mass is 98.0 g/mol. The van der Waals surface area contributed by atoms with Gasteiger partial charge in [0, 0.05) is 6.16 Å². The standard InChI is InChI=1S/C2H7P.ClH/c1-2-3;/h2-3H2,1H3;1H. The van der Waals surface area contributed by atoms with E-state index in [1.165, 1.54) is 6.16 Å². The van der Waals surface area contributed by atoms with Crippen LogP contribution in [0, 0.1) is 0 Å². The lowest BCUT2D eigenvalue weighted by molar-refractivity contribution is -0.000000638. The zero-order valence-electron chi connectivity index (χ0n) is 2.79. The summed E-state index contributed by atoms with van der Waals surface area (Å²) in [6.07, 6.45) is 1.28. The van der Waals surface area contributed by atoms with Gasteiger partial charge in [0.2, 0.25) is 0 Å². The van der Waals surface area contributed by atoms with E-state index >= 15 is 0 Å². The van der Waals surface area contributed by atoms with E-state index in [0.717, 1.165) is 0 Å². The van der Waals surface area contributed by atoms with Crippen molar-refractivity contribution in [2.24, 2.45) is 0 Å². The third-order valence-corrected chi connectivity index (χ3v) is 0. The summed E-state index contributed by atoms with van der Waals surface area (Å²) in [7, 11) is 1.97. The van der Waals surface area contributed by atoms with Crippen LogP contribution < -0.4 is 12.4 Å². The summed E-state index contributed by atoms with van der Waals surface area (Å²) < 4.78 is 0. The van der Waals surface area contributed by atoms with Crippen molar-refractivity contribution in [3.8, 4) is 0 Å². The van der Waals surface area contributed by atoms with Crippen LogP contribution in [0.15, 0.2) is 0 Å². The number of hydrogen-bond acceptors (Lipinski definition) is 0. The molecule has 0 bridgehead atoms. The fraction of sp³-hybridized carbons (Fsp3) is 1.00. The second kappa shape index (κ2) is 9.30. The Morgan fingerprint density at radius 1 is 1.75 bits per heavy atom. The lowest BCUT2D eigenvalue weighted by Gasteiger charge is -1.40. The molecule has 0 aliphatic rings. The van der Waals surface area contributed by atoms with Crippen molar-refractivity contribution in [1.29, 1.82) is 0 Å². The molecule has 0 spiro atoms. The molecule has 1 atom stereocenters. The van der Waals surface area contributed by atoms with Gasteiger partial charge in [0.05, 0.1) is 0 Å². The Bertz CT molecular complexity index is 6.00. The number of hydrogen-bond donors (Lipinski definition) is 0. The molecule has 4 heavy (non-hydrogen) atoms. The average Bonchev–Trinajstić information content (AvgIpc) is 0.918. The Labute approximate surface area is 35.6 Å². The van der Waals surface area contributed by atoms with E-state index in [2.05, 4.69) is 6.92 Å². The second-order valence-electron chi connectivity index (χ2n) is 0.500. The van der Waals surface area contributed by atoms with Crippen LogP contribution in [0.1, 0.15) is 6.92 Å². The molecule has 0 saturated carbocycles. The Kier molecular flexibility index (Phi) is 20.5. The number of rotatable bonds is 0. The van der Waals surface area contributed by atoms with Gasteiger partial charge in [0.25, 0.3) is 0 Å². The first kappa shape index (κ1) is 8.83. The fourth-order valence-electron chi connectivity index (χ4n) is 0. The van der Waals surface area contributed by atoms with Gasteiger partial charge in [-0.05, 0) is 16.2 Å². The van der Waals surface area contributed by atoms with Crippen molar-refractivity contribution in [3.63, 3.8) is 0 Å². The minimum absolute atomic E-state index is 0. The summed E-state index contributed by atoms with van der Waals surface area (Å²) >= 11 is 0. The molecule has 0 aliphatic carbocycles. The van der Waals surface area contributed by atoms with Crippen molar-refractivity contribution >= 4 is 9.24 Å². The topological polar surface area (TPSA) is 0 Å². The highest BCUT2D eigenvalue weighted by atomic mass is 35.5. The van der Waals surface area contributed by atoms with Crippen LogP contribution in [-0.2, 0) is 0 Å². The predicted molar refractivity (Wildman–Crippen MR) is 21.6 cm³/mol. The molecule has 0 amide bonds. The summed E-state index contributed by atoms with van der Waals surface area (Å²) in [6, 6.07) is 0. The summed E-state index contributed by atoms with van der Waals surface area (Å²) in [4.78, 5) is 0. The molecule has 28 valence electrons. The van der Waals surface area contributed by atoms with Crippen molar-refractivity contribution in [1.82, 2.24) is 0 Å². The molecule has 0 radical (unpaired) electrons. The molecule has 0 N–H and O–H groups in total. The Morgan fingerprint density at radius 3 is 1.75 bits per heavy atom. The smallest absolute Gasteiger partial charge is 0.0498 e. The molecular formula is C2H8ClP. The summed E-state index contributed by atoms with van der Waals surface area (Å²) in [5.74, 6) is 0. The van der Waals surface area contributed by atoms with Crippen LogP contribution in [0.4, 0.5) is 0 Å². The Morgan fingerprint density at radius 2 is 1.75 bits per heavy atom. The van der Waals surface area contributed by atoms with Crippen molar-refractivity contribution in [2.75, 3.05) is 6.16 Å². The molecule has 2 heteroatoms. The van der Waals surface area contributed by atoms with Crippen molar-refractivity contribution < 1.29 is 12.4 Å². The zero-order chi connectivity index (χ0) is 2.71. The normalized spacial score (nSPS) is 5.25. The summed E-state index contributed by atoms with van der Waals surface area (Å²) in [5.41, 5.74) is 0. The molecule has 0 heterocycles. The SMILES string of the molecule is CC[PH3+].[Cl-]. The first-order chi connectivity index (χ1) is 1.41. The minimum atomic E-state index is 0. The predicted octanol–water partition coefficient (Wildman–Crippen LogP) is -2.38. The van der Waals surface area contributed by atoms with Gasteiger partial charge in [-0.2, -0.15) is 0 Å². The molecule has 0 saturated heterocycles. The zero-order valence-corrected chi connectivity index (χ0v) is 4.96. The molecule has 0 aromatic carbocycles. The van der Waals surface area contributed by atoms with Gasteiger partial charge in [-0.1, -0.05) is 0 Å².